The molecular formula is C27H37N5O2. The number of nitrogens with one attached hydrogen (secondary N) is 1. The summed E-state index contributed by atoms with van der Waals surface area (Å²) in [4.78, 5) is 32.2. The SMILES string of the molecule is C=CCn1cc2c3c(cccc31)C1=C[C@@H](C(=O)N(CCCN(C)C)C(=O)NCC)CN(C)[C@@H]1C2. The van der Waals surface area contributed by atoms with Gasteiger partial charge in [-0.15, -0.1) is 6.58 Å². The number of amides is 3. The summed E-state index contributed by atoms with van der Waals surface area (Å²) in [5.74, 6) is -0.477. The van der Waals surface area contributed by atoms with E-state index in [0.717, 1.165) is 25.9 Å². The third kappa shape index (κ3) is 4.55. The first kappa shape index (κ1) is 24.2. The van der Waals surface area contributed by atoms with Crippen LogP contribution in [0.1, 0.15) is 24.5 Å². The molecule has 0 bridgehead atoms. The maximum absolute atomic E-state index is 13.7. The van der Waals surface area contributed by atoms with Gasteiger partial charge in [-0.1, -0.05) is 24.3 Å². The molecule has 1 aromatic carbocycles. The van der Waals surface area contributed by atoms with E-state index < -0.39 is 0 Å². The van der Waals surface area contributed by atoms with Crippen LogP contribution in [0, 0.1) is 5.92 Å². The van der Waals surface area contributed by atoms with E-state index in [1.54, 1.807) is 0 Å². The summed E-state index contributed by atoms with van der Waals surface area (Å²) >= 11 is 0. The Bertz CT molecular complexity index is 1120. The van der Waals surface area contributed by atoms with Crippen LogP contribution in [0.3, 0.4) is 0 Å². The maximum Gasteiger partial charge on any atom is 0.324 e. The molecule has 2 atom stereocenters. The van der Waals surface area contributed by atoms with Gasteiger partial charge in [0, 0.05) is 49.3 Å². The number of aromatic nitrogens is 1. The molecule has 182 valence electrons. The van der Waals surface area contributed by atoms with Crippen LogP contribution < -0.4 is 5.32 Å². The molecule has 0 spiro atoms. The molecule has 34 heavy (non-hydrogen) atoms. The van der Waals surface area contributed by atoms with Gasteiger partial charge in [0.1, 0.15) is 0 Å². The Morgan fingerprint density at radius 3 is 2.76 bits per heavy atom. The molecule has 2 aromatic rings. The number of fused-ring (bicyclic) bond motifs is 2. The zero-order valence-electron chi connectivity index (χ0n) is 20.9. The molecule has 0 radical (unpaired) electrons. The normalized spacial score (nSPS) is 19.6. The van der Waals surface area contributed by atoms with Crippen LogP contribution in [0.15, 0.2) is 43.1 Å². The van der Waals surface area contributed by atoms with Crippen LogP contribution in [0.25, 0.3) is 16.5 Å². The zero-order chi connectivity index (χ0) is 24.4. The van der Waals surface area contributed by atoms with Crippen molar-refractivity contribution in [1.29, 1.82) is 0 Å². The Hall–Kier alpha value is -2.90. The van der Waals surface area contributed by atoms with Gasteiger partial charge in [-0.25, -0.2) is 4.79 Å². The monoisotopic (exact) mass is 463 g/mol. The first-order chi connectivity index (χ1) is 16.3. The second-order valence-electron chi connectivity index (χ2n) is 9.67. The van der Waals surface area contributed by atoms with Gasteiger partial charge in [-0.3, -0.25) is 14.6 Å². The lowest BCUT2D eigenvalue weighted by atomic mass is 9.79. The van der Waals surface area contributed by atoms with Crippen molar-refractivity contribution in [2.45, 2.75) is 32.4 Å². The van der Waals surface area contributed by atoms with Crippen molar-refractivity contribution in [3.63, 3.8) is 0 Å². The van der Waals surface area contributed by atoms with Crippen molar-refractivity contribution in [1.82, 2.24) is 24.6 Å². The van der Waals surface area contributed by atoms with Gasteiger partial charge in [0.25, 0.3) is 0 Å². The van der Waals surface area contributed by atoms with Gasteiger partial charge in [-0.2, -0.15) is 0 Å². The summed E-state index contributed by atoms with van der Waals surface area (Å²) in [5.41, 5.74) is 4.95. The molecule has 1 N–H and O–H groups in total. The summed E-state index contributed by atoms with van der Waals surface area (Å²) < 4.78 is 2.25. The van der Waals surface area contributed by atoms with Crippen LogP contribution >= 0.6 is 0 Å². The fourth-order valence-corrected chi connectivity index (χ4v) is 5.38. The lowest BCUT2D eigenvalue weighted by Gasteiger charge is -2.40. The van der Waals surface area contributed by atoms with E-state index in [-0.39, 0.29) is 23.9 Å². The minimum atomic E-state index is -0.356. The summed E-state index contributed by atoms with van der Waals surface area (Å²) in [6.45, 7) is 8.90. The highest BCUT2D eigenvalue weighted by Crippen LogP contribution is 2.41. The molecule has 7 heteroatoms. The van der Waals surface area contributed by atoms with Crippen molar-refractivity contribution < 1.29 is 9.59 Å². The molecule has 2 heterocycles. The smallest absolute Gasteiger partial charge is 0.324 e. The van der Waals surface area contributed by atoms with Crippen LogP contribution in [0.4, 0.5) is 4.79 Å². The third-order valence-electron chi connectivity index (χ3n) is 6.93. The summed E-state index contributed by atoms with van der Waals surface area (Å²) in [6.07, 6.45) is 7.97. The standard InChI is InChI=1S/C27H37N5O2/c1-6-12-31-18-19-16-24-22(21-10-8-11-23(31)25(19)21)15-20(17-30(24)5)26(33)32(27(34)28-7-2)14-9-13-29(3)4/h6,8,10-11,15,18,20,24H,1,7,9,12-14,16-17H2,2-5H3,(H,28,34)/t20-,24-/m1/s1. The fraction of sp³-hybridized carbons (Fsp3) is 0.481. The number of benzene rings is 1. The highest BCUT2D eigenvalue weighted by atomic mass is 16.2. The number of imide groups is 1. The number of carbonyl (C=O) groups is 2. The fourth-order valence-electron chi connectivity index (χ4n) is 5.38. The number of likely N-dealkylation sites (N-methyl/N-ethyl adjacent to an activating group) is 1. The predicted octanol–water partition coefficient (Wildman–Crippen LogP) is 3.21. The molecule has 0 fully saturated rings. The molecule has 0 saturated carbocycles. The van der Waals surface area contributed by atoms with Gasteiger partial charge >= 0.3 is 6.03 Å². The van der Waals surface area contributed by atoms with Crippen molar-refractivity contribution >= 4 is 28.4 Å². The van der Waals surface area contributed by atoms with E-state index in [9.17, 15) is 9.59 Å². The van der Waals surface area contributed by atoms with Crippen molar-refractivity contribution in [2.24, 2.45) is 5.92 Å². The Balaban J connectivity index is 1.68. The van der Waals surface area contributed by atoms with Crippen molar-refractivity contribution in [3.8, 4) is 0 Å². The molecule has 1 aliphatic heterocycles. The first-order valence-corrected chi connectivity index (χ1v) is 12.2. The van der Waals surface area contributed by atoms with E-state index in [0.29, 0.717) is 19.6 Å². The lowest BCUT2D eigenvalue weighted by molar-refractivity contribution is -0.131. The summed E-state index contributed by atoms with van der Waals surface area (Å²) in [5, 5.41) is 4.10. The Labute approximate surface area is 202 Å². The number of urea groups is 1. The zero-order valence-corrected chi connectivity index (χ0v) is 20.9. The van der Waals surface area contributed by atoms with Crippen LogP contribution in [0.5, 0.6) is 0 Å². The van der Waals surface area contributed by atoms with E-state index in [2.05, 4.69) is 63.8 Å². The predicted molar refractivity (Wildman–Crippen MR) is 138 cm³/mol. The quantitative estimate of drug-likeness (QED) is 0.611. The number of rotatable bonds is 8. The molecule has 1 aliphatic carbocycles. The Morgan fingerprint density at radius 1 is 1.26 bits per heavy atom. The van der Waals surface area contributed by atoms with Gasteiger partial charge in [0.15, 0.2) is 0 Å². The highest BCUT2D eigenvalue weighted by Gasteiger charge is 2.38. The number of hydrogen-bond acceptors (Lipinski definition) is 4. The van der Waals surface area contributed by atoms with Crippen LogP contribution in [0.2, 0.25) is 0 Å². The summed E-state index contributed by atoms with van der Waals surface area (Å²) in [7, 11) is 6.09. The number of hydrogen-bond donors (Lipinski definition) is 1. The first-order valence-electron chi connectivity index (χ1n) is 12.2. The van der Waals surface area contributed by atoms with Crippen molar-refractivity contribution in [3.05, 3.63) is 54.3 Å². The van der Waals surface area contributed by atoms with E-state index in [4.69, 9.17) is 0 Å². The molecule has 4 rings (SSSR count). The third-order valence-corrected chi connectivity index (χ3v) is 6.93. The molecule has 1 aromatic heterocycles. The number of carbonyl (C=O) groups excluding carboxylic acids is 2. The minimum Gasteiger partial charge on any atom is -0.343 e. The van der Waals surface area contributed by atoms with Crippen LogP contribution in [-0.4, -0.2) is 84.6 Å². The number of nitrogens with zero attached hydrogens (tertiary/aromatic N) is 4. The molecule has 3 amide bonds. The molecule has 2 aliphatic rings. The highest BCUT2D eigenvalue weighted by molar-refractivity contribution is 6.01. The van der Waals surface area contributed by atoms with E-state index >= 15 is 0 Å². The second-order valence-corrected chi connectivity index (χ2v) is 9.67. The largest absolute Gasteiger partial charge is 0.343 e. The van der Waals surface area contributed by atoms with E-state index in [1.807, 2.05) is 27.1 Å². The van der Waals surface area contributed by atoms with Gasteiger partial charge in [-0.05, 0) is 70.2 Å². The summed E-state index contributed by atoms with van der Waals surface area (Å²) in [6, 6.07) is 6.35. The average molecular weight is 464 g/mol. The van der Waals surface area contributed by atoms with Gasteiger partial charge < -0.3 is 14.8 Å². The minimum absolute atomic E-state index is 0.121. The Morgan fingerprint density at radius 2 is 2.06 bits per heavy atom. The van der Waals surface area contributed by atoms with Gasteiger partial charge in [0.05, 0.1) is 5.92 Å². The molecular weight excluding hydrogens is 426 g/mol. The topological polar surface area (TPSA) is 60.8 Å². The average Bonchev–Trinajstić information content (AvgIpc) is 3.15. The maximum atomic E-state index is 13.7. The number of allylic oxidation sites excluding steroid dienone is 1. The van der Waals surface area contributed by atoms with Gasteiger partial charge in [0.2, 0.25) is 5.91 Å². The van der Waals surface area contributed by atoms with Crippen LogP contribution in [-0.2, 0) is 17.8 Å². The lowest BCUT2D eigenvalue weighted by Crippen LogP contribution is -2.51. The van der Waals surface area contributed by atoms with Crippen molar-refractivity contribution in [2.75, 3.05) is 47.3 Å². The van der Waals surface area contributed by atoms with E-state index in [1.165, 1.54) is 32.5 Å². The molecule has 7 nitrogen and oxygen atoms in total. The molecule has 0 saturated heterocycles. The second kappa shape index (κ2) is 10.2. The Kier molecular flexibility index (Phi) is 7.24. The molecule has 0 unspecified atom stereocenters.